The van der Waals surface area contributed by atoms with E-state index in [2.05, 4.69) is 0 Å². The van der Waals surface area contributed by atoms with Crippen molar-refractivity contribution in [2.24, 2.45) is 0 Å². The van der Waals surface area contributed by atoms with Crippen molar-refractivity contribution in [3.63, 3.8) is 0 Å². The van der Waals surface area contributed by atoms with Crippen LogP contribution in [0.5, 0.6) is 0 Å². The van der Waals surface area contributed by atoms with E-state index in [0.717, 1.165) is 12.1 Å². The van der Waals surface area contributed by atoms with Crippen molar-refractivity contribution >= 4 is 0 Å². The van der Waals surface area contributed by atoms with Crippen LogP contribution in [0.2, 0.25) is 0 Å². The third-order valence-electron chi connectivity index (χ3n) is 0.557. The molecule has 1 aromatic rings. The highest BCUT2D eigenvalue weighted by atomic mass is 19.1. The van der Waals surface area contributed by atoms with Crippen LogP contribution in [0.25, 0.3) is 0 Å². The molecule has 0 N–H and O–H groups in total. The zero-order valence-corrected chi connectivity index (χ0v) is 3.53. The Balaban J connectivity index is 3.31. The molecule has 0 radical (unpaired) electrons. The molecule has 0 fully saturated rings. The molecule has 0 saturated carbocycles. The van der Waals surface area contributed by atoms with Crippen molar-refractivity contribution in [1.29, 1.82) is 0 Å². The summed E-state index contributed by atoms with van der Waals surface area (Å²) >= 11 is 0. The van der Waals surface area contributed by atoms with Crippen molar-refractivity contribution in [2.75, 3.05) is 0 Å². The quantitative estimate of drug-likeness (QED) is 0.465. The van der Waals surface area contributed by atoms with Crippen molar-refractivity contribution in [1.82, 2.24) is 0 Å². The molecular weight excluding hydrogens is 91.1 g/mol. The molecule has 0 amide bonds. The Morgan fingerprint density at radius 2 is 2.43 bits per heavy atom. The van der Waals surface area contributed by atoms with Gasteiger partial charge >= 0.3 is 0 Å². The van der Waals surface area contributed by atoms with E-state index in [1.54, 1.807) is 0 Å². The van der Waals surface area contributed by atoms with E-state index < -0.39 is 11.9 Å². The first kappa shape index (κ1) is 1.95. The maximum Gasteiger partial charge on any atom is 0.123 e. The molecule has 7 heavy (non-hydrogen) atoms. The number of benzene rings is 1. The van der Waals surface area contributed by atoms with Gasteiger partial charge in [-0.05, 0) is 12.1 Å². The summed E-state index contributed by atoms with van der Waals surface area (Å²) in [6.07, 6.45) is 0. The maximum atomic E-state index is 12.4. The first-order chi connectivity index (χ1) is 4.61. The van der Waals surface area contributed by atoms with Gasteiger partial charge in [0.25, 0.3) is 0 Å². The highest BCUT2D eigenvalue weighted by Crippen LogP contribution is 1.91. The fourth-order valence-electron chi connectivity index (χ4n) is 0.298. The summed E-state index contributed by atoms with van der Waals surface area (Å²) in [6, 6.07) is 1.28. The lowest BCUT2D eigenvalue weighted by atomic mass is 10.4. The number of hydrogen-bond acceptors (Lipinski definition) is 0. The average molecular weight is 99.1 g/mol. The first-order valence-corrected chi connectivity index (χ1v) is 1.84. The van der Waals surface area contributed by atoms with Crippen molar-refractivity contribution in [3.8, 4) is 0 Å². The van der Waals surface area contributed by atoms with Crippen LogP contribution in [0.3, 0.4) is 0 Å². The summed E-state index contributed by atoms with van der Waals surface area (Å²) in [5.41, 5.74) is 0. The minimum atomic E-state index is -0.808. The summed E-state index contributed by atoms with van der Waals surface area (Å²) in [5.74, 6) is -0.808. The highest BCUT2D eigenvalue weighted by molar-refractivity contribution is 5.02. The molecule has 0 aliphatic carbocycles. The van der Waals surface area contributed by atoms with Crippen LogP contribution in [-0.2, 0) is 0 Å². The largest absolute Gasteiger partial charge is 0.207 e. The Labute approximate surface area is 45.8 Å². The van der Waals surface area contributed by atoms with Crippen LogP contribution >= 0.6 is 0 Å². The van der Waals surface area contributed by atoms with Crippen LogP contribution in [0.1, 0.15) is 4.11 Å². The lowest BCUT2D eigenvalue weighted by Gasteiger charge is -1.78. The SMILES string of the molecule is [2H]c1cc([2H])c([2H])c(F)c1. The Morgan fingerprint density at radius 1 is 1.57 bits per heavy atom. The fraction of sp³-hybridized carbons (Fsp3) is 0. The molecular formula is C6H5F. The van der Waals surface area contributed by atoms with Gasteiger partial charge in [-0.3, -0.25) is 0 Å². The average Bonchev–Trinajstić information content (AvgIpc) is 1.82. The van der Waals surface area contributed by atoms with Crippen LogP contribution in [-0.4, -0.2) is 0 Å². The van der Waals surface area contributed by atoms with Gasteiger partial charge < -0.3 is 0 Å². The smallest absolute Gasteiger partial charge is 0.123 e. The van der Waals surface area contributed by atoms with Gasteiger partial charge in [0.05, 0.1) is 4.11 Å². The summed E-state index contributed by atoms with van der Waals surface area (Å²) < 4.78 is 33.2. The standard InChI is InChI=1S/C6H5F/c7-6-4-2-1-3-5-6/h1-5H/i2D,3D,4D. The van der Waals surface area contributed by atoms with Gasteiger partial charge in [-0.15, -0.1) is 0 Å². The highest BCUT2D eigenvalue weighted by Gasteiger charge is 1.77. The third-order valence-corrected chi connectivity index (χ3v) is 0.557. The Bertz CT molecular complexity index is 236. The number of hydrogen-bond donors (Lipinski definition) is 0. The van der Waals surface area contributed by atoms with Gasteiger partial charge in [-0.25, -0.2) is 4.39 Å². The fourth-order valence-corrected chi connectivity index (χ4v) is 0.298. The molecule has 0 bridgehead atoms. The van der Waals surface area contributed by atoms with Crippen molar-refractivity contribution in [3.05, 3.63) is 36.1 Å². The molecule has 36 valence electrons. The Hall–Kier alpha value is -0.850. The third kappa shape index (κ3) is 1.000. The minimum absolute atomic E-state index is 0.0708. The van der Waals surface area contributed by atoms with Crippen LogP contribution in [0.4, 0.5) is 4.39 Å². The second-order valence-electron chi connectivity index (χ2n) is 1.07. The second kappa shape index (κ2) is 1.73. The molecule has 0 spiro atoms. The normalized spacial score (nSPS) is 14.7. The lowest BCUT2D eigenvalue weighted by Crippen LogP contribution is -1.63. The minimum Gasteiger partial charge on any atom is -0.207 e. The van der Waals surface area contributed by atoms with Gasteiger partial charge in [0.15, 0.2) is 0 Å². The molecule has 0 unspecified atom stereocenters. The van der Waals surface area contributed by atoms with Crippen LogP contribution < -0.4 is 0 Å². The molecule has 0 heterocycles. The van der Waals surface area contributed by atoms with E-state index in [-0.39, 0.29) is 12.1 Å². The second-order valence-corrected chi connectivity index (χ2v) is 1.07. The molecule has 0 aromatic heterocycles. The van der Waals surface area contributed by atoms with Crippen LogP contribution in [0, 0.1) is 5.82 Å². The van der Waals surface area contributed by atoms with E-state index >= 15 is 0 Å². The zero-order valence-electron chi connectivity index (χ0n) is 6.53. The zero-order chi connectivity index (χ0) is 7.72. The molecule has 0 atom stereocenters. The van der Waals surface area contributed by atoms with E-state index in [0.29, 0.717) is 0 Å². The van der Waals surface area contributed by atoms with Gasteiger partial charge in [0.2, 0.25) is 0 Å². The molecule has 1 aromatic carbocycles. The van der Waals surface area contributed by atoms with Crippen molar-refractivity contribution in [2.45, 2.75) is 0 Å². The van der Waals surface area contributed by atoms with Crippen molar-refractivity contribution < 1.29 is 8.50 Å². The van der Waals surface area contributed by atoms with E-state index in [9.17, 15) is 4.39 Å². The van der Waals surface area contributed by atoms with Gasteiger partial charge in [0, 0.05) is 0 Å². The Kier molecular flexibility index (Phi) is 0.483. The molecule has 1 heteroatoms. The molecule has 0 aliphatic rings. The molecule has 0 saturated heterocycles. The molecule has 0 nitrogen and oxygen atoms in total. The number of rotatable bonds is 0. The molecule has 0 aliphatic heterocycles. The predicted octanol–water partition coefficient (Wildman–Crippen LogP) is 1.83. The first-order valence-electron chi connectivity index (χ1n) is 3.34. The lowest BCUT2D eigenvalue weighted by molar-refractivity contribution is 0.628. The van der Waals surface area contributed by atoms with E-state index in [1.807, 2.05) is 0 Å². The Morgan fingerprint density at radius 3 is 3.14 bits per heavy atom. The monoisotopic (exact) mass is 99.1 g/mol. The summed E-state index contributed by atoms with van der Waals surface area (Å²) in [5, 5.41) is 0. The van der Waals surface area contributed by atoms with Gasteiger partial charge in [-0.1, -0.05) is 18.2 Å². The summed E-state index contributed by atoms with van der Waals surface area (Å²) in [4.78, 5) is 0. The number of halogens is 1. The van der Waals surface area contributed by atoms with Crippen LogP contribution in [0.15, 0.2) is 30.3 Å². The topological polar surface area (TPSA) is 0 Å². The summed E-state index contributed by atoms with van der Waals surface area (Å²) in [7, 11) is 0. The maximum absolute atomic E-state index is 12.4. The molecule has 1 rings (SSSR count). The predicted molar refractivity (Wildman–Crippen MR) is 26.4 cm³/mol. The summed E-state index contributed by atoms with van der Waals surface area (Å²) in [6.45, 7) is 0. The van der Waals surface area contributed by atoms with Gasteiger partial charge in [0.1, 0.15) is 5.82 Å². The van der Waals surface area contributed by atoms with Gasteiger partial charge in [-0.2, -0.15) is 0 Å². The van der Waals surface area contributed by atoms with E-state index in [4.69, 9.17) is 4.11 Å². The van der Waals surface area contributed by atoms with E-state index in [1.165, 1.54) is 0 Å².